The Balaban J connectivity index is 2.20. The topological polar surface area (TPSA) is 58.9 Å². The molecule has 0 saturated carbocycles. The van der Waals surface area contributed by atoms with Crippen LogP contribution >= 0.6 is 0 Å². The molecule has 4 heteroatoms. The average molecular weight is 202 g/mol. The van der Waals surface area contributed by atoms with Gasteiger partial charge >= 0.3 is 0 Å². The molecular weight excluding hydrogens is 184 g/mol. The summed E-state index contributed by atoms with van der Waals surface area (Å²) in [5, 5.41) is 20.3. The van der Waals surface area contributed by atoms with Crippen molar-refractivity contribution in [3.8, 4) is 0 Å². The molecule has 0 aromatic rings. The Labute approximate surface area is 83.8 Å². The predicted octanol–water partition coefficient (Wildman–Crippen LogP) is 0.0662. The number of fused-ring (bicyclic) bond motifs is 1. The van der Waals surface area contributed by atoms with Gasteiger partial charge in [-0.05, 0) is 12.8 Å². The number of ether oxygens (including phenoxy) is 2. The van der Waals surface area contributed by atoms with Gasteiger partial charge in [-0.15, -0.1) is 0 Å². The summed E-state index contributed by atoms with van der Waals surface area (Å²) in [5.74, 6) is 0. The lowest BCUT2D eigenvalue weighted by atomic mass is 9.87. The van der Waals surface area contributed by atoms with Crippen LogP contribution in [0.2, 0.25) is 0 Å². The van der Waals surface area contributed by atoms with E-state index in [1.165, 1.54) is 0 Å². The number of hydrogen-bond acceptors (Lipinski definition) is 4. The Bertz CT molecular complexity index is 208. The third-order valence-corrected chi connectivity index (χ3v) is 3.58. The second kappa shape index (κ2) is 3.17. The molecule has 2 aliphatic rings. The molecule has 82 valence electrons. The first kappa shape index (κ1) is 10.4. The zero-order valence-electron chi connectivity index (χ0n) is 8.69. The standard InChI is InChI=1S/C10H18O4/c1-3-9(11)5-13-8-7(9)14-6-10(8,12)4-2/h7-8,11-12H,3-6H2,1-2H3/t7-,8-,9-,10+/m0/s1. The normalized spacial score (nSPS) is 52.3. The van der Waals surface area contributed by atoms with Gasteiger partial charge in [0.05, 0.1) is 13.2 Å². The summed E-state index contributed by atoms with van der Waals surface area (Å²) >= 11 is 0. The highest BCUT2D eigenvalue weighted by Gasteiger charge is 2.60. The van der Waals surface area contributed by atoms with Crippen molar-refractivity contribution in [2.75, 3.05) is 13.2 Å². The van der Waals surface area contributed by atoms with Crippen LogP contribution in [-0.2, 0) is 9.47 Å². The van der Waals surface area contributed by atoms with Crippen molar-refractivity contribution in [2.24, 2.45) is 0 Å². The van der Waals surface area contributed by atoms with Crippen LogP contribution in [0.4, 0.5) is 0 Å². The van der Waals surface area contributed by atoms with E-state index in [0.717, 1.165) is 0 Å². The van der Waals surface area contributed by atoms with E-state index in [0.29, 0.717) is 12.8 Å². The Morgan fingerprint density at radius 2 is 1.36 bits per heavy atom. The van der Waals surface area contributed by atoms with Crippen molar-refractivity contribution in [3.05, 3.63) is 0 Å². The molecule has 4 atom stereocenters. The summed E-state index contributed by atoms with van der Waals surface area (Å²) in [4.78, 5) is 0. The fourth-order valence-electron chi connectivity index (χ4n) is 2.29. The molecule has 2 rings (SSSR count). The number of rotatable bonds is 2. The van der Waals surface area contributed by atoms with Crippen LogP contribution in [-0.4, -0.2) is 46.8 Å². The maximum Gasteiger partial charge on any atom is 0.118 e. The molecule has 14 heavy (non-hydrogen) atoms. The zero-order valence-corrected chi connectivity index (χ0v) is 8.69. The van der Waals surface area contributed by atoms with Gasteiger partial charge in [0, 0.05) is 0 Å². The molecule has 4 nitrogen and oxygen atoms in total. The summed E-state index contributed by atoms with van der Waals surface area (Å²) in [6.07, 6.45) is 0.456. The molecule has 0 spiro atoms. The van der Waals surface area contributed by atoms with E-state index in [9.17, 15) is 10.2 Å². The highest BCUT2D eigenvalue weighted by molar-refractivity contribution is 5.09. The van der Waals surface area contributed by atoms with Gasteiger partial charge in [0.25, 0.3) is 0 Å². The quantitative estimate of drug-likeness (QED) is 0.665. The Morgan fingerprint density at radius 1 is 1.00 bits per heavy atom. The van der Waals surface area contributed by atoms with Crippen LogP contribution in [0.3, 0.4) is 0 Å². The van der Waals surface area contributed by atoms with E-state index in [1.807, 2.05) is 13.8 Å². The van der Waals surface area contributed by atoms with Crippen molar-refractivity contribution in [3.63, 3.8) is 0 Å². The molecule has 0 aliphatic carbocycles. The van der Waals surface area contributed by atoms with E-state index in [1.54, 1.807) is 0 Å². The summed E-state index contributed by atoms with van der Waals surface area (Å²) in [5.41, 5.74) is -1.82. The van der Waals surface area contributed by atoms with Crippen LogP contribution in [0.1, 0.15) is 26.7 Å². The summed E-state index contributed by atoms with van der Waals surface area (Å²) < 4.78 is 10.9. The highest BCUT2D eigenvalue weighted by atomic mass is 16.6. The smallest absolute Gasteiger partial charge is 0.118 e. The van der Waals surface area contributed by atoms with Gasteiger partial charge in [0.2, 0.25) is 0 Å². The van der Waals surface area contributed by atoms with Crippen molar-refractivity contribution in [2.45, 2.75) is 50.1 Å². The maximum atomic E-state index is 10.1. The molecule has 0 aromatic heterocycles. The zero-order chi connectivity index (χ0) is 10.4. The predicted molar refractivity (Wildman–Crippen MR) is 50.0 cm³/mol. The number of aliphatic hydroxyl groups is 2. The summed E-state index contributed by atoms with van der Waals surface area (Å²) in [6, 6.07) is 0. The third-order valence-electron chi connectivity index (χ3n) is 3.58. The van der Waals surface area contributed by atoms with Gasteiger partial charge in [-0.25, -0.2) is 0 Å². The van der Waals surface area contributed by atoms with Crippen LogP contribution in [0.5, 0.6) is 0 Å². The first-order valence-corrected chi connectivity index (χ1v) is 5.24. The Morgan fingerprint density at radius 3 is 1.64 bits per heavy atom. The van der Waals surface area contributed by atoms with Crippen molar-refractivity contribution >= 4 is 0 Å². The van der Waals surface area contributed by atoms with Crippen molar-refractivity contribution < 1.29 is 19.7 Å². The fraction of sp³-hybridized carbons (Fsp3) is 1.00. The van der Waals surface area contributed by atoms with E-state index in [4.69, 9.17) is 9.47 Å². The lowest BCUT2D eigenvalue weighted by molar-refractivity contribution is -0.0912. The van der Waals surface area contributed by atoms with Gasteiger partial charge in [0.15, 0.2) is 0 Å². The van der Waals surface area contributed by atoms with E-state index < -0.39 is 11.2 Å². The molecule has 0 aromatic carbocycles. The van der Waals surface area contributed by atoms with Gasteiger partial charge < -0.3 is 19.7 Å². The first-order chi connectivity index (χ1) is 6.56. The Hall–Kier alpha value is -0.160. The molecule has 2 N–H and O–H groups in total. The van der Waals surface area contributed by atoms with Gasteiger partial charge in [-0.2, -0.15) is 0 Å². The van der Waals surface area contributed by atoms with Gasteiger partial charge in [-0.3, -0.25) is 0 Å². The lowest BCUT2D eigenvalue weighted by Gasteiger charge is -2.26. The minimum atomic E-state index is -0.912. The molecule has 2 aliphatic heterocycles. The first-order valence-electron chi connectivity index (χ1n) is 5.24. The highest BCUT2D eigenvalue weighted by Crippen LogP contribution is 2.41. The molecule has 2 heterocycles. The van der Waals surface area contributed by atoms with E-state index in [-0.39, 0.29) is 25.4 Å². The van der Waals surface area contributed by atoms with Crippen LogP contribution in [0, 0.1) is 0 Å². The van der Waals surface area contributed by atoms with Gasteiger partial charge in [-0.1, -0.05) is 13.8 Å². The van der Waals surface area contributed by atoms with Crippen molar-refractivity contribution in [1.82, 2.24) is 0 Å². The van der Waals surface area contributed by atoms with Crippen LogP contribution < -0.4 is 0 Å². The molecule has 0 radical (unpaired) electrons. The second-order valence-corrected chi connectivity index (χ2v) is 4.38. The Kier molecular flexibility index (Phi) is 2.34. The summed E-state index contributed by atoms with van der Waals surface area (Å²) in [7, 11) is 0. The second-order valence-electron chi connectivity index (χ2n) is 4.38. The fourth-order valence-corrected chi connectivity index (χ4v) is 2.29. The van der Waals surface area contributed by atoms with Crippen molar-refractivity contribution in [1.29, 1.82) is 0 Å². The minimum Gasteiger partial charge on any atom is -0.385 e. The molecule has 2 fully saturated rings. The maximum absolute atomic E-state index is 10.1. The van der Waals surface area contributed by atoms with Crippen LogP contribution in [0.15, 0.2) is 0 Å². The monoisotopic (exact) mass is 202 g/mol. The SMILES string of the molecule is CC[C@@]1(O)CO[C@H]2[C@@H]1OC[C@@]2(O)CC. The average Bonchev–Trinajstić information content (AvgIpc) is 2.70. The third kappa shape index (κ3) is 1.21. The van der Waals surface area contributed by atoms with Crippen LogP contribution in [0.25, 0.3) is 0 Å². The lowest BCUT2D eigenvalue weighted by Crippen LogP contribution is -2.46. The molecule has 0 amide bonds. The molecule has 0 unspecified atom stereocenters. The number of hydrogen-bond donors (Lipinski definition) is 2. The molecular formula is C10H18O4. The largest absolute Gasteiger partial charge is 0.385 e. The van der Waals surface area contributed by atoms with E-state index in [2.05, 4.69) is 0 Å². The molecule has 0 bridgehead atoms. The van der Waals surface area contributed by atoms with Gasteiger partial charge in [0.1, 0.15) is 23.4 Å². The minimum absolute atomic E-state index is 0.265. The summed E-state index contributed by atoms with van der Waals surface area (Å²) in [6.45, 7) is 4.33. The van der Waals surface area contributed by atoms with E-state index >= 15 is 0 Å². The molecule has 2 saturated heterocycles.